The summed E-state index contributed by atoms with van der Waals surface area (Å²) in [6, 6.07) is 13.2. The number of carbonyl (C=O) groups is 4. The van der Waals surface area contributed by atoms with E-state index in [0.29, 0.717) is 22.5 Å². The molecular formula is C23H23N3O5. The molecule has 2 heterocycles. The monoisotopic (exact) mass is 421 g/mol. The highest BCUT2D eigenvalue weighted by molar-refractivity contribution is 6.18. The molecule has 4 rings (SSSR count). The van der Waals surface area contributed by atoms with Gasteiger partial charge in [-0.1, -0.05) is 12.1 Å². The van der Waals surface area contributed by atoms with Gasteiger partial charge in [-0.15, -0.1) is 0 Å². The molecule has 2 aliphatic heterocycles. The average molecular weight is 421 g/mol. The van der Waals surface area contributed by atoms with Gasteiger partial charge in [0, 0.05) is 25.1 Å². The van der Waals surface area contributed by atoms with Crippen molar-refractivity contribution in [3.63, 3.8) is 0 Å². The molecule has 2 aromatic carbocycles. The Labute approximate surface area is 179 Å². The molecule has 3 amide bonds. The smallest absolute Gasteiger partial charge is 0.338 e. The third-order valence-corrected chi connectivity index (χ3v) is 5.71. The van der Waals surface area contributed by atoms with Crippen LogP contribution in [0.25, 0.3) is 0 Å². The fraction of sp³-hybridized carbons (Fsp3) is 0.304. The molecule has 31 heavy (non-hydrogen) atoms. The molecule has 0 spiro atoms. The van der Waals surface area contributed by atoms with Gasteiger partial charge in [-0.05, 0) is 50.2 Å². The fourth-order valence-electron chi connectivity index (χ4n) is 4.34. The van der Waals surface area contributed by atoms with Crippen molar-refractivity contribution < 1.29 is 23.9 Å². The summed E-state index contributed by atoms with van der Waals surface area (Å²) in [5, 5.41) is 2.83. The molecular weight excluding hydrogens is 398 g/mol. The van der Waals surface area contributed by atoms with E-state index >= 15 is 0 Å². The summed E-state index contributed by atoms with van der Waals surface area (Å²) in [6.45, 7) is 4.05. The van der Waals surface area contributed by atoms with Crippen molar-refractivity contribution in [2.45, 2.75) is 32.4 Å². The predicted molar refractivity (Wildman–Crippen MR) is 114 cm³/mol. The Kier molecular flexibility index (Phi) is 5.22. The van der Waals surface area contributed by atoms with Gasteiger partial charge in [0.15, 0.2) is 0 Å². The van der Waals surface area contributed by atoms with Gasteiger partial charge < -0.3 is 15.0 Å². The number of para-hydroxylation sites is 1. The van der Waals surface area contributed by atoms with E-state index in [1.165, 1.54) is 9.80 Å². The topological polar surface area (TPSA) is 96.0 Å². The largest absolute Gasteiger partial charge is 0.462 e. The number of ether oxygens (including phenoxy) is 1. The maximum absolute atomic E-state index is 13.6. The minimum absolute atomic E-state index is 0.160. The van der Waals surface area contributed by atoms with E-state index in [1.807, 2.05) is 0 Å². The zero-order valence-corrected chi connectivity index (χ0v) is 17.4. The lowest BCUT2D eigenvalue weighted by molar-refractivity contribution is -0.128. The highest BCUT2D eigenvalue weighted by atomic mass is 16.5. The van der Waals surface area contributed by atoms with Crippen LogP contribution in [0.15, 0.2) is 48.5 Å². The van der Waals surface area contributed by atoms with Crippen molar-refractivity contribution in [1.82, 2.24) is 4.90 Å². The summed E-state index contributed by atoms with van der Waals surface area (Å²) < 4.78 is 4.97. The Morgan fingerprint density at radius 3 is 2.45 bits per heavy atom. The lowest BCUT2D eigenvalue weighted by Gasteiger charge is -2.48. The molecule has 0 aromatic heterocycles. The van der Waals surface area contributed by atoms with Crippen LogP contribution >= 0.6 is 0 Å². The van der Waals surface area contributed by atoms with Crippen LogP contribution in [-0.2, 0) is 14.3 Å². The molecule has 1 fully saturated rings. The molecule has 1 N–H and O–H groups in total. The van der Waals surface area contributed by atoms with Crippen molar-refractivity contribution >= 4 is 35.1 Å². The van der Waals surface area contributed by atoms with Crippen LogP contribution in [0, 0.1) is 0 Å². The molecule has 1 saturated heterocycles. The summed E-state index contributed by atoms with van der Waals surface area (Å²) >= 11 is 0. The number of rotatable bonds is 5. The Morgan fingerprint density at radius 1 is 1.06 bits per heavy atom. The average Bonchev–Trinajstić information content (AvgIpc) is 3.13. The Morgan fingerprint density at radius 2 is 1.77 bits per heavy atom. The van der Waals surface area contributed by atoms with Crippen LogP contribution in [0.3, 0.4) is 0 Å². The van der Waals surface area contributed by atoms with Crippen molar-refractivity contribution in [2.24, 2.45) is 0 Å². The second-order valence-corrected chi connectivity index (χ2v) is 7.36. The first-order valence-electron chi connectivity index (χ1n) is 10.3. The van der Waals surface area contributed by atoms with E-state index in [-0.39, 0.29) is 37.8 Å². The Bertz CT molecular complexity index is 1070. The fourth-order valence-corrected chi connectivity index (χ4v) is 4.34. The minimum Gasteiger partial charge on any atom is -0.462 e. The zero-order chi connectivity index (χ0) is 22.2. The summed E-state index contributed by atoms with van der Waals surface area (Å²) in [5.74, 6) is -1.40. The molecule has 0 bridgehead atoms. The SMILES string of the molecule is CCOC(=O)c1ccc(NC(=O)C23CCC(=O)N2c2ccccc2C(=O)N3CC)cc1. The Balaban J connectivity index is 1.70. The van der Waals surface area contributed by atoms with E-state index in [2.05, 4.69) is 5.32 Å². The van der Waals surface area contributed by atoms with Gasteiger partial charge >= 0.3 is 5.97 Å². The van der Waals surface area contributed by atoms with Crippen LogP contribution in [-0.4, -0.2) is 47.4 Å². The third-order valence-electron chi connectivity index (χ3n) is 5.71. The lowest BCUT2D eigenvalue weighted by atomic mass is 9.95. The van der Waals surface area contributed by atoms with Gasteiger partial charge in [0.25, 0.3) is 11.8 Å². The standard InChI is InChI=1S/C23H23N3O5/c1-3-25-20(28)17-7-5-6-8-18(17)26-19(27)13-14-23(25,26)22(30)24-16-11-9-15(10-12-16)21(29)31-4-2/h5-12H,3-4,13-14H2,1-2H3,(H,24,30). The van der Waals surface area contributed by atoms with Gasteiger partial charge in [0.1, 0.15) is 0 Å². The molecule has 0 radical (unpaired) electrons. The van der Waals surface area contributed by atoms with E-state index < -0.39 is 17.5 Å². The first kappa shape index (κ1) is 20.6. The highest BCUT2D eigenvalue weighted by Crippen LogP contribution is 2.44. The van der Waals surface area contributed by atoms with Crippen molar-refractivity contribution in [3.8, 4) is 0 Å². The van der Waals surface area contributed by atoms with Gasteiger partial charge in [-0.3, -0.25) is 19.3 Å². The molecule has 160 valence electrons. The zero-order valence-electron chi connectivity index (χ0n) is 17.4. The molecule has 0 aliphatic carbocycles. The van der Waals surface area contributed by atoms with Crippen molar-refractivity contribution in [3.05, 3.63) is 59.7 Å². The lowest BCUT2D eigenvalue weighted by Crippen LogP contribution is -2.69. The maximum Gasteiger partial charge on any atom is 0.338 e. The number of hydrogen-bond donors (Lipinski definition) is 1. The van der Waals surface area contributed by atoms with Gasteiger partial charge in [-0.25, -0.2) is 4.79 Å². The second kappa shape index (κ2) is 7.86. The van der Waals surface area contributed by atoms with Crippen LogP contribution in [0.4, 0.5) is 11.4 Å². The van der Waals surface area contributed by atoms with Gasteiger partial charge in [0.05, 0.1) is 23.4 Å². The summed E-state index contributed by atoms with van der Waals surface area (Å²) in [4.78, 5) is 54.4. The molecule has 2 aliphatic rings. The van der Waals surface area contributed by atoms with E-state index in [0.717, 1.165) is 0 Å². The molecule has 8 heteroatoms. The van der Waals surface area contributed by atoms with Crippen molar-refractivity contribution in [1.29, 1.82) is 0 Å². The molecule has 1 atom stereocenters. The molecule has 8 nitrogen and oxygen atoms in total. The summed E-state index contributed by atoms with van der Waals surface area (Å²) in [7, 11) is 0. The number of likely N-dealkylation sites (N-methyl/N-ethyl adjacent to an activating group) is 1. The second-order valence-electron chi connectivity index (χ2n) is 7.36. The number of nitrogens with one attached hydrogen (secondary N) is 1. The number of nitrogens with zero attached hydrogens (tertiary/aromatic N) is 2. The predicted octanol–water partition coefficient (Wildman–Crippen LogP) is 2.80. The van der Waals surface area contributed by atoms with E-state index in [4.69, 9.17) is 4.74 Å². The number of esters is 1. The molecule has 2 aromatic rings. The molecule has 1 unspecified atom stereocenters. The third kappa shape index (κ3) is 3.15. The normalized spacial score (nSPS) is 19.7. The summed E-state index contributed by atoms with van der Waals surface area (Å²) in [5.41, 5.74) is 0.243. The van der Waals surface area contributed by atoms with Crippen LogP contribution in [0.1, 0.15) is 47.4 Å². The van der Waals surface area contributed by atoms with Crippen molar-refractivity contribution in [2.75, 3.05) is 23.4 Å². The van der Waals surface area contributed by atoms with Crippen LogP contribution < -0.4 is 10.2 Å². The van der Waals surface area contributed by atoms with Gasteiger partial charge in [-0.2, -0.15) is 0 Å². The van der Waals surface area contributed by atoms with Crippen LogP contribution in [0.2, 0.25) is 0 Å². The first-order valence-corrected chi connectivity index (χ1v) is 10.3. The van der Waals surface area contributed by atoms with Crippen LogP contribution in [0.5, 0.6) is 0 Å². The number of fused-ring (bicyclic) bond motifs is 3. The van der Waals surface area contributed by atoms with E-state index in [1.54, 1.807) is 62.4 Å². The van der Waals surface area contributed by atoms with Gasteiger partial charge in [0.2, 0.25) is 11.6 Å². The maximum atomic E-state index is 13.6. The quantitative estimate of drug-likeness (QED) is 0.749. The minimum atomic E-state index is -1.43. The number of anilines is 2. The van der Waals surface area contributed by atoms with E-state index in [9.17, 15) is 19.2 Å². The Hall–Kier alpha value is -3.68. The summed E-state index contributed by atoms with van der Waals surface area (Å²) in [6.07, 6.45) is 0.361. The number of carbonyl (C=O) groups excluding carboxylic acids is 4. The first-order chi connectivity index (χ1) is 14.9. The number of amides is 3. The molecule has 0 saturated carbocycles. The highest BCUT2D eigenvalue weighted by Gasteiger charge is 2.60. The number of benzene rings is 2. The number of hydrogen-bond acceptors (Lipinski definition) is 5.